The standard InChI is InChI=1S/C6H7NO3S/c8-4-3(6(9)10)5-7(4)1-2-11-5/h3,5H,1-2H2,(H,9,10)/t3?,5-/m0/s1. The highest BCUT2D eigenvalue weighted by Gasteiger charge is 2.54. The fourth-order valence-corrected chi connectivity index (χ4v) is 2.80. The number of hydrogen-bond donors (Lipinski definition) is 1. The molecule has 2 saturated heterocycles. The molecule has 2 heterocycles. The fraction of sp³-hybridized carbons (Fsp3) is 0.667. The molecule has 11 heavy (non-hydrogen) atoms. The molecular weight excluding hydrogens is 166 g/mol. The second kappa shape index (κ2) is 2.14. The molecule has 4 nitrogen and oxygen atoms in total. The van der Waals surface area contributed by atoms with Gasteiger partial charge in [-0.3, -0.25) is 9.59 Å². The van der Waals surface area contributed by atoms with Gasteiger partial charge in [0.05, 0.1) is 0 Å². The van der Waals surface area contributed by atoms with Gasteiger partial charge in [0.1, 0.15) is 5.37 Å². The first-order valence-corrected chi connectivity index (χ1v) is 4.41. The number of rotatable bonds is 1. The van der Waals surface area contributed by atoms with Crippen LogP contribution in [0.5, 0.6) is 0 Å². The van der Waals surface area contributed by atoms with E-state index in [1.807, 2.05) is 0 Å². The molecule has 60 valence electrons. The summed E-state index contributed by atoms with van der Waals surface area (Å²) in [5.41, 5.74) is 0. The van der Waals surface area contributed by atoms with Gasteiger partial charge in [0, 0.05) is 12.3 Å². The van der Waals surface area contributed by atoms with Crippen LogP contribution in [-0.2, 0) is 9.59 Å². The van der Waals surface area contributed by atoms with Crippen molar-refractivity contribution in [1.29, 1.82) is 0 Å². The Labute approximate surface area is 67.6 Å². The maximum Gasteiger partial charge on any atom is 0.319 e. The van der Waals surface area contributed by atoms with E-state index in [-0.39, 0.29) is 11.3 Å². The summed E-state index contributed by atoms with van der Waals surface area (Å²) in [5, 5.41) is 8.52. The molecule has 1 N–H and O–H groups in total. The third-order valence-electron chi connectivity index (χ3n) is 2.03. The zero-order valence-corrected chi connectivity index (χ0v) is 6.50. The number of nitrogens with zero attached hydrogens (tertiary/aromatic N) is 1. The van der Waals surface area contributed by atoms with Gasteiger partial charge in [-0.15, -0.1) is 11.8 Å². The van der Waals surface area contributed by atoms with E-state index in [1.165, 1.54) is 0 Å². The van der Waals surface area contributed by atoms with Gasteiger partial charge >= 0.3 is 5.97 Å². The fourth-order valence-electron chi connectivity index (χ4n) is 1.45. The van der Waals surface area contributed by atoms with Crippen LogP contribution in [0.2, 0.25) is 0 Å². The van der Waals surface area contributed by atoms with E-state index in [0.717, 1.165) is 12.3 Å². The summed E-state index contributed by atoms with van der Waals surface area (Å²) < 4.78 is 0. The van der Waals surface area contributed by atoms with Gasteiger partial charge in [0.15, 0.2) is 5.92 Å². The van der Waals surface area contributed by atoms with Crippen LogP contribution in [0.15, 0.2) is 0 Å². The lowest BCUT2D eigenvalue weighted by molar-refractivity contribution is -0.163. The molecule has 0 saturated carbocycles. The van der Waals surface area contributed by atoms with Crippen molar-refractivity contribution < 1.29 is 14.7 Å². The summed E-state index contributed by atoms with van der Waals surface area (Å²) in [7, 11) is 0. The molecule has 0 aromatic carbocycles. The van der Waals surface area contributed by atoms with Crippen molar-refractivity contribution in [1.82, 2.24) is 4.90 Å². The smallest absolute Gasteiger partial charge is 0.319 e. The van der Waals surface area contributed by atoms with Crippen LogP contribution in [-0.4, -0.2) is 39.6 Å². The number of carbonyl (C=O) groups is 2. The summed E-state index contributed by atoms with van der Waals surface area (Å²) in [6.07, 6.45) is 0. The van der Waals surface area contributed by atoms with E-state index in [4.69, 9.17) is 5.11 Å². The third-order valence-corrected chi connectivity index (χ3v) is 3.31. The van der Waals surface area contributed by atoms with Gasteiger partial charge in [-0.05, 0) is 0 Å². The van der Waals surface area contributed by atoms with Crippen LogP contribution in [0.25, 0.3) is 0 Å². The SMILES string of the molecule is O=C(O)C1C(=O)N2CCS[C@@H]12. The van der Waals surface area contributed by atoms with Crippen molar-refractivity contribution in [3.8, 4) is 0 Å². The Balaban J connectivity index is 2.15. The topological polar surface area (TPSA) is 57.6 Å². The molecule has 2 rings (SSSR count). The van der Waals surface area contributed by atoms with Crippen molar-refractivity contribution >= 4 is 23.6 Å². The van der Waals surface area contributed by atoms with E-state index < -0.39 is 11.9 Å². The highest BCUT2D eigenvalue weighted by molar-refractivity contribution is 8.00. The first-order chi connectivity index (χ1) is 5.22. The predicted octanol–water partition coefficient (Wildman–Crippen LogP) is -0.398. The lowest BCUT2D eigenvalue weighted by Crippen LogP contribution is -2.59. The Hall–Kier alpha value is -0.710. The Bertz CT molecular complexity index is 230. The van der Waals surface area contributed by atoms with Crippen molar-refractivity contribution in [2.45, 2.75) is 5.37 Å². The third kappa shape index (κ3) is 0.772. The molecule has 2 aliphatic heterocycles. The van der Waals surface area contributed by atoms with E-state index in [2.05, 4.69) is 0 Å². The molecule has 1 unspecified atom stereocenters. The molecule has 2 aliphatic rings. The first-order valence-electron chi connectivity index (χ1n) is 3.36. The maximum absolute atomic E-state index is 11.0. The van der Waals surface area contributed by atoms with Crippen LogP contribution < -0.4 is 0 Å². The minimum absolute atomic E-state index is 0.0694. The number of carbonyl (C=O) groups excluding carboxylic acids is 1. The van der Waals surface area contributed by atoms with Crippen LogP contribution in [0.1, 0.15) is 0 Å². The molecule has 0 aromatic heterocycles. The molecule has 1 amide bonds. The summed E-state index contributed by atoms with van der Waals surface area (Å²) in [4.78, 5) is 23.1. The number of hydrogen-bond acceptors (Lipinski definition) is 3. The van der Waals surface area contributed by atoms with Crippen molar-refractivity contribution in [3.05, 3.63) is 0 Å². The van der Waals surface area contributed by atoms with Crippen LogP contribution >= 0.6 is 11.8 Å². The minimum atomic E-state index is -0.981. The van der Waals surface area contributed by atoms with Gasteiger partial charge in [-0.1, -0.05) is 0 Å². The summed E-state index contributed by atoms with van der Waals surface area (Å²) in [6.45, 7) is 0.720. The Kier molecular flexibility index (Phi) is 1.35. The Morgan fingerprint density at radius 3 is 3.09 bits per heavy atom. The van der Waals surface area contributed by atoms with Gasteiger partial charge in [0.2, 0.25) is 5.91 Å². The van der Waals surface area contributed by atoms with Crippen molar-refractivity contribution in [2.75, 3.05) is 12.3 Å². The summed E-state index contributed by atoms with van der Waals surface area (Å²) in [5.74, 6) is -1.08. The first kappa shape index (κ1) is 6.97. The molecule has 2 atom stereocenters. The van der Waals surface area contributed by atoms with Crippen molar-refractivity contribution in [3.63, 3.8) is 0 Å². The van der Waals surface area contributed by atoms with Gasteiger partial charge < -0.3 is 10.0 Å². The average Bonchev–Trinajstić information content (AvgIpc) is 2.30. The number of amides is 1. The second-order valence-corrected chi connectivity index (χ2v) is 3.83. The summed E-state index contributed by atoms with van der Waals surface area (Å²) in [6, 6.07) is 0. The van der Waals surface area contributed by atoms with Crippen molar-refractivity contribution in [2.24, 2.45) is 5.92 Å². The minimum Gasteiger partial charge on any atom is -0.481 e. The molecule has 0 aromatic rings. The summed E-state index contributed by atoms with van der Waals surface area (Å²) >= 11 is 1.56. The largest absolute Gasteiger partial charge is 0.481 e. The number of thioether (sulfide) groups is 1. The average molecular weight is 173 g/mol. The lowest BCUT2D eigenvalue weighted by Gasteiger charge is -2.38. The van der Waals surface area contributed by atoms with Crippen LogP contribution in [0.4, 0.5) is 0 Å². The highest BCUT2D eigenvalue weighted by Crippen LogP contribution is 2.39. The number of carboxylic acid groups (broad SMARTS) is 1. The van der Waals surface area contributed by atoms with Gasteiger partial charge in [-0.25, -0.2) is 0 Å². The van der Waals surface area contributed by atoms with Gasteiger partial charge in [-0.2, -0.15) is 0 Å². The van der Waals surface area contributed by atoms with Crippen LogP contribution in [0, 0.1) is 5.92 Å². The predicted molar refractivity (Wildman–Crippen MR) is 39.1 cm³/mol. The molecule has 0 radical (unpaired) electrons. The van der Waals surface area contributed by atoms with Gasteiger partial charge in [0.25, 0.3) is 0 Å². The molecule has 2 fully saturated rings. The van der Waals surface area contributed by atoms with E-state index >= 15 is 0 Å². The quantitative estimate of drug-likeness (QED) is 0.433. The van der Waals surface area contributed by atoms with E-state index in [0.29, 0.717) is 0 Å². The molecular formula is C6H7NO3S. The Morgan fingerprint density at radius 2 is 2.45 bits per heavy atom. The van der Waals surface area contributed by atoms with E-state index in [9.17, 15) is 9.59 Å². The van der Waals surface area contributed by atoms with E-state index in [1.54, 1.807) is 16.7 Å². The lowest BCUT2D eigenvalue weighted by atomic mass is 9.99. The van der Waals surface area contributed by atoms with Crippen LogP contribution in [0.3, 0.4) is 0 Å². The zero-order valence-electron chi connectivity index (χ0n) is 5.69. The highest BCUT2D eigenvalue weighted by atomic mass is 32.2. The zero-order chi connectivity index (χ0) is 8.01. The molecule has 0 spiro atoms. The number of β-lactam (4-membered cyclic amide) rings is 1. The number of fused-ring (bicyclic) bond motifs is 1. The normalized spacial score (nSPS) is 34.9. The Morgan fingerprint density at radius 1 is 1.73 bits per heavy atom. The molecule has 5 heteroatoms. The number of aliphatic carboxylic acids is 1. The molecule has 0 aliphatic carbocycles. The second-order valence-electron chi connectivity index (χ2n) is 2.61. The number of carboxylic acids is 1. The maximum atomic E-state index is 11.0. The molecule has 0 bridgehead atoms. The monoisotopic (exact) mass is 173 g/mol.